The lowest BCUT2D eigenvalue weighted by Crippen LogP contribution is -2.47. The molecule has 0 amide bonds. The first-order chi connectivity index (χ1) is 12.3. The van der Waals surface area contributed by atoms with E-state index in [2.05, 4.69) is 39.2 Å². The number of aromatic nitrogens is 3. The number of H-pyrrole nitrogens is 1. The molecule has 4 heterocycles. The van der Waals surface area contributed by atoms with Crippen LogP contribution in [0, 0.1) is 5.82 Å². The SMILES string of the molecule is Fc1cncnc1N1CCC2(CC1)OCCc1c2[nH]c2ccccc12. The van der Waals surface area contributed by atoms with Gasteiger partial charge in [0.15, 0.2) is 11.6 Å². The zero-order valence-electron chi connectivity index (χ0n) is 13.8. The molecule has 25 heavy (non-hydrogen) atoms. The van der Waals surface area contributed by atoms with Crippen molar-refractivity contribution in [1.29, 1.82) is 0 Å². The van der Waals surface area contributed by atoms with E-state index in [1.54, 1.807) is 0 Å². The summed E-state index contributed by atoms with van der Waals surface area (Å²) >= 11 is 0. The van der Waals surface area contributed by atoms with E-state index in [1.807, 2.05) is 4.90 Å². The fourth-order valence-corrected chi connectivity index (χ4v) is 4.28. The molecule has 2 aliphatic heterocycles. The van der Waals surface area contributed by atoms with Crippen molar-refractivity contribution in [2.75, 3.05) is 24.6 Å². The summed E-state index contributed by atoms with van der Waals surface area (Å²) in [6, 6.07) is 8.43. The Morgan fingerprint density at radius 2 is 2.04 bits per heavy atom. The lowest BCUT2D eigenvalue weighted by atomic mass is 9.83. The summed E-state index contributed by atoms with van der Waals surface area (Å²) in [5.74, 6) is 0.0202. The van der Waals surface area contributed by atoms with Gasteiger partial charge < -0.3 is 14.6 Å². The Morgan fingerprint density at radius 3 is 2.88 bits per heavy atom. The van der Waals surface area contributed by atoms with Gasteiger partial charge in [0.2, 0.25) is 0 Å². The summed E-state index contributed by atoms with van der Waals surface area (Å²) in [6.45, 7) is 2.15. The van der Waals surface area contributed by atoms with Crippen molar-refractivity contribution in [2.45, 2.75) is 24.9 Å². The number of benzene rings is 1. The average molecular weight is 338 g/mol. The number of aromatic amines is 1. The predicted octanol–water partition coefficient (Wildman–Crippen LogP) is 3.17. The molecule has 1 saturated heterocycles. The van der Waals surface area contributed by atoms with E-state index in [9.17, 15) is 4.39 Å². The molecule has 2 aromatic heterocycles. The van der Waals surface area contributed by atoms with Gasteiger partial charge in [0.05, 0.1) is 18.5 Å². The van der Waals surface area contributed by atoms with Crippen molar-refractivity contribution >= 4 is 16.7 Å². The molecular weight excluding hydrogens is 319 g/mol. The van der Waals surface area contributed by atoms with Gasteiger partial charge in [-0.25, -0.2) is 14.4 Å². The number of rotatable bonds is 1. The van der Waals surface area contributed by atoms with Crippen LogP contribution in [0.25, 0.3) is 10.9 Å². The van der Waals surface area contributed by atoms with Crippen LogP contribution in [0.5, 0.6) is 0 Å². The summed E-state index contributed by atoms with van der Waals surface area (Å²) in [5.41, 5.74) is 3.46. The zero-order valence-corrected chi connectivity index (χ0v) is 13.8. The molecule has 1 spiro atoms. The molecule has 0 unspecified atom stereocenters. The van der Waals surface area contributed by atoms with E-state index in [0.29, 0.717) is 18.9 Å². The number of ether oxygens (including phenoxy) is 1. The maximum Gasteiger partial charge on any atom is 0.183 e. The predicted molar refractivity (Wildman–Crippen MR) is 93.1 cm³/mol. The fourth-order valence-electron chi connectivity index (χ4n) is 4.28. The fraction of sp³-hybridized carbons (Fsp3) is 0.368. The van der Waals surface area contributed by atoms with Crippen molar-refractivity contribution in [3.8, 4) is 0 Å². The second-order valence-electron chi connectivity index (χ2n) is 6.80. The lowest BCUT2D eigenvalue weighted by Gasteiger charge is -2.44. The molecule has 3 aromatic rings. The van der Waals surface area contributed by atoms with Gasteiger partial charge in [-0.15, -0.1) is 0 Å². The zero-order chi connectivity index (χ0) is 16.9. The molecule has 0 atom stereocenters. The smallest absolute Gasteiger partial charge is 0.183 e. The summed E-state index contributed by atoms with van der Waals surface area (Å²) in [7, 11) is 0. The number of para-hydroxylation sites is 1. The van der Waals surface area contributed by atoms with E-state index >= 15 is 0 Å². The Hall–Kier alpha value is -2.47. The van der Waals surface area contributed by atoms with Crippen molar-refractivity contribution in [2.24, 2.45) is 0 Å². The van der Waals surface area contributed by atoms with E-state index in [-0.39, 0.29) is 11.4 Å². The maximum atomic E-state index is 14.0. The Labute approximate surface area is 144 Å². The third-order valence-corrected chi connectivity index (χ3v) is 5.52. The second kappa shape index (κ2) is 5.52. The molecule has 0 bridgehead atoms. The molecule has 5 rings (SSSR count). The monoisotopic (exact) mass is 338 g/mol. The number of piperidine rings is 1. The number of nitrogens with one attached hydrogen (secondary N) is 1. The average Bonchev–Trinajstić information content (AvgIpc) is 3.04. The first-order valence-corrected chi connectivity index (χ1v) is 8.71. The second-order valence-corrected chi connectivity index (χ2v) is 6.80. The van der Waals surface area contributed by atoms with Crippen LogP contribution in [-0.4, -0.2) is 34.6 Å². The van der Waals surface area contributed by atoms with Gasteiger partial charge in [-0.2, -0.15) is 0 Å². The van der Waals surface area contributed by atoms with Crippen molar-refractivity contribution in [3.05, 3.63) is 53.9 Å². The van der Waals surface area contributed by atoms with Gasteiger partial charge >= 0.3 is 0 Å². The van der Waals surface area contributed by atoms with Gasteiger partial charge in [-0.05, 0) is 30.9 Å². The molecule has 5 nitrogen and oxygen atoms in total. The highest BCUT2D eigenvalue weighted by atomic mass is 19.1. The molecule has 0 radical (unpaired) electrons. The van der Waals surface area contributed by atoms with Crippen LogP contribution >= 0.6 is 0 Å². The Morgan fingerprint density at radius 1 is 1.20 bits per heavy atom. The number of hydrogen-bond acceptors (Lipinski definition) is 4. The van der Waals surface area contributed by atoms with Crippen LogP contribution in [0.15, 0.2) is 36.8 Å². The molecular formula is C19H19FN4O. The van der Waals surface area contributed by atoms with Crippen LogP contribution in [0.4, 0.5) is 10.2 Å². The molecule has 0 saturated carbocycles. The van der Waals surface area contributed by atoms with Gasteiger partial charge in [0, 0.05) is 24.0 Å². The van der Waals surface area contributed by atoms with Crippen molar-refractivity contribution in [3.63, 3.8) is 0 Å². The minimum absolute atomic E-state index is 0.299. The van der Waals surface area contributed by atoms with Crippen molar-refractivity contribution in [1.82, 2.24) is 15.0 Å². The van der Waals surface area contributed by atoms with Gasteiger partial charge in [0.1, 0.15) is 11.9 Å². The quantitative estimate of drug-likeness (QED) is 0.740. The third-order valence-electron chi connectivity index (χ3n) is 5.52. The maximum absolute atomic E-state index is 14.0. The first kappa shape index (κ1) is 14.8. The molecule has 128 valence electrons. The van der Waals surface area contributed by atoms with Crippen LogP contribution in [0.3, 0.4) is 0 Å². The highest BCUT2D eigenvalue weighted by Crippen LogP contribution is 2.43. The number of nitrogens with zero attached hydrogens (tertiary/aromatic N) is 3. The highest BCUT2D eigenvalue weighted by Gasteiger charge is 2.43. The molecule has 1 N–H and O–H groups in total. The number of hydrogen-bond donors (Lipinski definition) is 1. The minimum atomic E-state index is -0.366. The Kier molecular flexibility index (Phi) is 3.28. The number of anilines is 1. The van der Waals surface area contributed by atoms with E-state index in [1.165, 1.54) is 34.7 Å². The lowest BCUT2D eigenvalue weighted by molar-refractivity contribution is -0.0791. The van der Waals surface area contributed by atoms with Crippen LogP contribution in [0.2, 0.25) is 0 Å². The van der Waals surface area contributed by atoms with E-state index in [0.717, 1.165) is 25.9 Å². The van der Waals surface area contributed by atoms with Gasteiger partial charge in [-0.1, -0.05) is 18.2 Å². The van der Waals surface area contributed by atoms with Crippen LogP contribution in [-0.2, 0) is 16.8 Å². The molecule has 6 heteroatoms. The first-order valence-electron chi connectivity index (χ1n) is 8.71. The van der Waals surface area contributed by atoms with Crippen molar-refractivity contribution < 1.29 is 9.13 Å². The topological polar surface area (TPSA) is 54.0 Å². The van der Waals surface area contributed by atoms with Gasteiger partial charge in [-0.3, -0.25) is 0 Å². The van der Waals surface area contributed by atoms with Crippen LogP contribution < -0.4 is 4.90 Å². The largest absolute Gasteiger partial charge is 0.368 e. The Bertz CT molecular complexity index is 930. The standard InChI is InChI=1S/C19H19FN4O/c20-15-11-21-12-22-18(15)24-8-6-19(7-9-24)17-14(5-10-25-19)13-3-1-2-4-16(13)23-17/h1-4,11-12,23H,5-10H2. The minimum Gasteiger partial charge on any atom is -0.368 e. The number of halogens is 1. The molecule has 1 fully saturated rings. The van der Waals surface area contributed by atoms with E-state index in [4.69, 9.17) is 4.74 Å². The van der Waals surface area contributed by atoms with Crippen LogP contribution in [0.1, 0.15) is 24.1 Å². The number of fused-ring (bicyclic) bond motifs is 4. The summed E-state index contributed by atoms with van der Waals surface area (Å²) < 4.78 is 20.3. The normalized spacial score (nSPS) is 19.3. The third kappa shape index (κ3) is 2.24. The Balaban J connectivity index is 1.48. The molecule has 0 aliphatic carbocycles. The summed E-state index contributed by atoms with van der Waals surface area (Å²) in [5, 5.41) is 1.30. The highest BCUT2D eigenvalue weighted by molar-refractivity contribution is 5.85. The molecule has 1 aromatic carbocycles. The summed E-state index contributed by atoms with van der Waals surface area (Å²) in [6.07, 6.45) is 5.19. The molecule has 2 aliphatic rings. The van der Waals surface area contributed by atoms with E-state index < -0.39 is 0 Å². The summed E-state index contributed by atoms with van der Waals surface area (Å²) in [4.78, 5) is 13.4. The van der Waals surface area contributed by atoms with Gasteiger partial charge in [0.25, 0.3) is 0 Å².